The molecule has 1 N–H and O–H groups in total. The number of hydrogen-bond acceptors (Lipinski definition) is 6. The van der Waals surface area contributed by atoms with Crippen molar-refractivity contribution in [3.63, 3.8) is 0 Å². The average molecular weight is 378 g/mol. The summed E-state index contributed by atoms with van der Waals surface area (Å²) in [5, 5.41) is 5.73. The van der Waals surface area contributed by atoms with Gasteiger partial charge in [-0.15, -0.1) is 0 Å². The summed E-state index contributed by atoms with van der Waals surface area (Å²) in [6.07, 6.45) is 6.69. The molecule has 0 spiro atoms. The Hall–Kier alpha value is -3.32. The third-order valence-electron chi connectivity index (χ3n) is 4.25. The first-order valence-corrected chi connectivity index (χ1v) is 8.66. The van der Waals surface area contributed by atoms with Crippen LogP contribution in [0.5, 0.6) is 0 Å². The smallest absolute Gasteiger partial charge is 0.157 e. The highest BCUT2D eigenvalue weighted by molar-refractivity contribution is 6.31. The van der Waals surface area contributed by atoms with Gasteiger partial charge in [0.1, 0.15) is 18.5 Å². The molecule has 0 fully saturated rings. The lowest BCUT2D eigenvalue weighted by atomic mass is 10.2. The largest absolute Gasteiger partial charge is 0.287 e. The number of aromatic nitrogens is 5. The SMILES string of the molecule is Cc1ncn(-c2ccc(/C=N\Nc3ncnc4cc(Cl)ccc34)cn2)c1C. The number of nitrogens with zero attached hydrogens (tertiary/aromatic N) is 6. The normalized spacial score (nSPS) is 11.4. The fourth-order valence-electron chi connectivity index (χ4n) is 2.63. The number of fused-ring (bicyclic) bond motifs is 1. The first-order valence-electron chi connectivity index (χ1n) is 8.28. The second kappa shape index (κ2) is 7.13. The third kappa shape index (κ3) is 3.50. The first kappa shape index (κ1) is 17.1. The Morgan fingerprint density at radius 3 is 2.70 bits per heavy atom. The van der Waals surface area contributed by atoms with Crippen molar-refractivity contribution in [2.45, 2.75) is 13.8 Å². The van der Waals surface area contributed by atoms with E-state index in [9.17, 15) is 0 Å². The lowest BCUT2D eigenvalue weighted by Gasteiger charge is -2.05. The molecule has 0 saturated heterocycles. The molecule has 0 bridgehead atoms. The van der Waals surface area contributed by atoms with E-state index in [1.807, 2.05) is 36.6 Å². The van der Waals surface area contributed by atoms with Gasteiger partial charge >= 0.3 is 0 Å². The van der Waals surface area contributed by atoms with Crippen LogP contribution in [0.25, 0.3) is 16.7 Å². The predicted octanol–water partition coefficient (Wildman–Crippen LogP) is 3.93. The third-order valence-corrected chi connectivity index (χ3v) is 4.49. The summed E-state index contributed by atoms with van der Waals surface area (Å²) in [5.41, 5.74) is 6.63. The van der Waals surface area contributed by atoms with Crippen LogP contribution in [-0.4, -0.2) is 30.7 Å². The van der Waals surface area contributed by atoms with E-state index in [4.69, 9.17) is 11.6 Å². The molecule has 3 aromatic heterocycles. The number of halogens is 1. The van der Waals surface area contributed by atoms with Gasteiger partial charge in [0.2, 0.25) is 0 Å². The van der Waals surface area contributed by atoms with Crippen molar-refractivity contribution in [3.8, 4) is 5.82 Å². The van der Waals surface area contributed by atoms with Crippen molar-refractivity contribution in [1.82, 2.24) is 24.5 Å². The van der Waals surface area contributed by atoms with Crippen molar-refractivity contribution in [2.75, 3.05) is 5.43 Å². The van der Waals surface area contributed by atoms with Crippen molar-refractivity contribution in [2.24, 2.45) is 5.10 Å². The molecule has 7 nitrogen and oxygen atoms in total. The first-order chi connectivity index (χ1) is 13.1. The lowest BCUT2D eigenvalue weighted by Crippen LogP contribution is -2.00. The standard InChI is InChI=1S/C19H16ClN7/c1-12-13(2)27(11-24-12)18-6-3-14(8-21-18)9-25-26-19-16-5-4-15(20)7-17(16)22-10-23-19/h3-11H,1-2H3,(H,22,23,26)/b25-9-. The molecule has 0 atom stereocenters. The van der Waals surface area contributed by atoms with Gasteiger partial charge in [-0.25, -0.2) is 19.9 Å². The van der Waals surface area contributed by atoms with E-state index in [2.05, 4.69) is 30.5 Å². The molecule has 0 aliphatic carbocycles. The molecule has 3 heterocycles. The summed E-state index contributed by atoms with van der Waals surface area (Å²) in [5.74, 6) is 1.43. The minimum atomic E-state index is 0.613. The molecule has 0 aliphatic rings. The average Bonchev–Trinajstić information content (AvgIpc) is 3.01. The summed E-state index contributed by atoms with van der Waals surface area (Å²) in [6, 6.07) is 9.32. The molecular formula is C19H16ClN7. The van der Waals surface area contributed by atoms with E-state index in [-0.39, 0.29) is 0 Å². The van der Waals surface area contributed by atoms with Crippen LogP contribution in [0.3, 0.4) is 0 Å². The summed E-state index contributed by atoms with van der Waals surface area (Å²) >= 11 is 6.00. The molecule has 4 rings (SSSR count). The Bertz CT molecular complexity index is 1130. The zero-order valence-corrected chi connectivity index (χ0v) is 15.5. The van der Waals surface area contributed by atoms with Crippen LogP contribution in [0.4, 0.5) is 5.82 Å². The molecule has 0 saturated carbocycles. The van der Waals surface area contributed by atoms with Crippen LogP contribution in [0.15, 0.2) is 54.3 Å². The van der Waals surface area contributed by atoms with Crippen molar-refractivity contribution >= 4 is 34.5 Å². The number of imidazole rings is 1. The Morgan fingerprint density at radius 1 is 1.07 bits per heavy atom. The van der Waals surface area contributed by atoms with Gasteiger partial charge < -0.3 is 0 Å². The molecular weight excluding hydrogens is 362 g/mol. The van der Waals surface area contributed by atoms with Crippen LogP contribution < -0.4 is 5.43 Å². The minimum absolute atomic E-state index is 0.613. The molecule has 4 aromatic rings. The fraction of sp³-hybridized carbons (Fsp3) is 0.105. The monoisotopic (exact) mass is 377 g/mol. The van der Waals surface area contributed by atoms with Crippen molar-refractivity contribution in [3.05, 3.63) is 71.2 Å². The quantitative estimate of drug-likeness (QED) is 0.430. The fourth-order valence-corrected chi connectivity index (χ4v) is 2.80. The van der Waals surface area contributed by atoms with Gasteiger partial charge in [0.25, 0.3) is 0 Å². The summed E-state index contributed by atoms with van der Waals surface area (Å²) in [4.78, 5) is 17.2. The maximum Gasteiger partial charge on any atom is 0.157 e. The number of pyridine rings is 1. The van der Waals surface area contributed by atoms with Crippen LogP contribution in [-0.2, 0) is 0 Å². The van der Waals surface area contributed by atoms with Gasteiger partial charge in [0, 0.05) is 27.9 Å². The zero-order chi connectivity index (χ0) is 18.8. The highest BCUT2D eigenvalue weighted by Crippen LogP contribution is 2.22. The van der Waals surface area contributed by atoms with Gasteiger partial charge in [-0.1, -0.05) is 11.6 Å². The van der Waals surface area contributed by atoms with Crippen molar-refractivity contribution < 1.29 is 0 Å². The molecule has 0 aliphatic heterocycles. The van der Waals surface area contributed by atoms with Crippen LogP contribution in [0.1, 0.15) is 17.0 Å². The van der Waals surface area contributed by atoms with Gasteiger partial charge in [-0.3, -0.25) is 9.99 Å². The van der Waals surface area contributed by atoms with Crippen LogP contribution >= 0.6 is 11.6 Å². The number of hydrazone groups is 1. The second-order valence-corrected chi connectivity index (χ2v) is 6.43. The molecule has 1 aromatic carbocycles. The molecule has 8 heteroatoms. The lowest BCUT2D eigenvalue weighted by molar-refractivity contribution is 0.950. The highest BCUT2D eigenvalue weighted by Gasteiger charge is 2.05. The van der Waals surface area contributed by atoms with Gasteiger partial charge in [-0.05, 0) is 44.2 Å². The maximum absolute atomic E-state index is 6.00. The van der Waals surface area contributed by atoms with Gasteiger partial charge in [0.15, 0.2) is 5.82 Å². The Kier molecular flexibility index (Phi) is 4.52. The summed E-state index contributed by atoms with van der Waals surface area (Å²) in [7, 11) is 0. The molecule has 0 radical (unpaired) electrons. The van der Waals surface area contributed by atoms with E-state index in [0.717, 1.165) is 33.7 Å². The van der Waals surface area contributed by atoms with Gasteiger partial charge in [0.05, 0.1) is 17.4 Å². The number of rotatable bonds is 4. The second-order valence-electron chi connectivity index (χ2n) is 5.99. The number of nitrogens with one attached hydrogen (secondary N) is 1. The highest BCUT2D eigenvalue weighted by atomic mass is 35.5. The van der Waals surface area contributed by atoms with Crippen molar-refractivity contribution in [1.29, 1.82) is 0 Å². The van der Waals surface area contributed by atoms with Crippen LogP contribution in [0, 0.1) is 13.8 Å². The molecule has 0 amide bonds. The maximum atomic E-state index is 6.00. The van der Waals surface area contributed by atoms with E-state index < -0.39 is 0 Å². The Morgan fingerprint density at radius 2 is 1.96 bits per heavy atom. The number of hydrogen-bond donors (Lipinski definition) is 1. The van der Waals surface area contributed by atoms with Crippen LogP contribution in [0.2, 0.25) is 5.02 Å². The predicted molar refractivity (Wildman–Crippen MR) is 107 cm³/mol. The number of anilines is 1. The topological polar surface area (TPSA) is 80.9 Å². The number of benzene rings is 1. The van der Waals surface area contributed by atoms with E-state index >= 15 is 0 Å². The summed E-state index contributed by atoms with van der Waals surface area (Å²) < 4.78 is 1.95. The van der Waals surface area contributed by atoms with E-state index in [1.165, 1.54) is 6.33 Å². The Balaban J connectivity index is 1.51. The Labute approximate surface area is 160 Å². The van der Waals surface area contributed by atoms with E-state index in [0.29, 0.717) is 10.8 Å². The molecule has 27 heavy (non-hydrogen) atoms. The molecule has 134 valence electrons. The molecule has 0 unspecified atom stereocenters. The zero-order valence-electron chi connectivity index (χ0n) is 14.8. The number of aryl methyl sites for hydroxylation is 1. The van der Waals surface area contributed by atoms with Gasteiger partial charge in [-0.2, -0.15) is 5.10 Å². The minimum Gasteiger partial charge on any atom is -0.287 e. The van der Waals surface area contributed by atoms with E-state index in [1.54, 1.807) is 30.9 Å². The summed E-state index contributed by atoms with van der Waals surface area (Å²) in [6.45, 7) is 3.99.